The van der Waals surface area contributed by atoms with E-state index in [-0.39, 0.29) is 5.91 Å². The Labute approximate surface area is 178 Å². The summed E-state index contributed by atoms with van der Waals surface area (Å²) >= 11 is 3.44. The molecule has 0 bridgehead atoms. The van der Waals surface area contributed by atoms with Crippen molar-refractivity contribution in [3.8, 4) is 17.0 Å². The van der Waals surface area contributed by atoms with Gasteiger partial charge < -0.3 is 4.74 Å². The highest BCUT2D eigenvalue weighted by Crippen LogP contribution is 2.24. The second-order valence-corrected chi connectivity index (χ2v) is 8.44. The summed E-state index contributed by atoms with van der Waals surface area (Å²) in [5.41, 5.74) is 2.00. The molecule has 0 aliphatic rings. The zero-order valence-electron chi connectivity index (χ0n) is 16.8. The van der Waals surface area contributed by atoms with Crippen molar-refractivity contribution < 1.29 is 9.53 Å². The van der Waals surface area contributed by atoms with Gasteiger partial charge in [-0.05, 0) is 42.0 Å². The highest BCUT2D eigenvalue weighted by molar-refractivity contribution is 9.10. The second kappa shape index (κ2) is 8.61. The van der Waals surface area contributed by atoms with Crippen molar-refractivity contribution in [3.05, 3.63) is 64.8 Å². The molecule has 0 atom stereocenters. The lowest BCUT2D eigenvalue weighted by molar-refractivity contribution is -0.123. The van der Waals surface area contributed by atoms with Crippen LogP contribution in [0.3, 0.4) is 0 Å². The molecule has 0 aliphatic heterocycles. The molecule has 1 heterocycles. The van der Waals surface area contributed by atoms with E-state index in [2.05, 4.69) is 31.3 Å². The lowest BCUT2D eigenvalue weighted by Gasteiger charge is -2.16. The number of hydrogen-bond donors (Lipinski definition) is 1. The van der Waals surface area contributed by atoms with Gasteiger partial charge in [-0.25, -0.2) is 9.66 Å². The van der Waals surface area contributed by atoms with Crippen LogP contribution in [0.15, 0.2) is 64.3 Å². The van der Waals surface area contributed by atoms with Gasteiger partial charge in [0.05, 0.1) is 25.2 Å². The average molecular weight is 455 g/mol. The first-order valence-corrected chi connectivity index (χ1v) is 9.91. The number of benzene rings is 2. The molecule has 3 rings (SSSR count). The Hall–Kier alpha value is -2.93. The number of ether oxygens (including phenoxy) is 1. The van der Waals surface area contributed by atoms with Gasteiger partial charge in [0.25, 0.3) is 0 Å². The molecule has 0 saturated heterocycles. The molecule has 6 nitrogen and oxygen atoms in total. The molecule has 0 unspecified atom stereocenters. The number of methoxy groups -OCH3 is 1. The number of carbonyl (C=O) groups is 1. The van der Waals surface area contributed by atoms with Crippen LogP contribution in [-0.2, 0) is 4.79 Å². The molecule has 0 spiro atoms. The van der Waals surface area contributed by atoms with Gasteiger partial charge in [-0.15, -0.1) is 0 Å². The highest BCUT2D eigenvalue weighted by Gasteiger charge is 2.23. The number of halogens is 1. The number of aromatic nitrogens is 2. The standard InChI is InChI=1S/C22H23BrN4O2/c1-22(2,3)20(28)26-21-25-19(16-7-9-17(23)10-8-16)14-27(21)24-13-15-5-11-18(29-4)12-6-15/h5-14H,1-4H3,(H,25,26,28)/b24-13+. The zero-order valence-corrected chi connectivity index (χ0v) is 18.4. The molecule has 7 heteroatoms. The fraction of sp³-hybridized carbons (Fsp3) is 0.227. The van der Waals surface area contributed by atoms with Crippen LogP contribution in [0.4, 0.5) is 5.95 Å². The van der Waals surface area contributed by atoms with E-state index < -0.39 is 5.41 Å². The summed E-state index contributed by atoms with van der Waals surface area (Å²) < 4.78 is 7.74. The minimum absolute atomic E-state index is 0.133. The summed E-state index contributed by atoms with van der Waals surface area (Å²) in [5.74, 6) is 1.01. The van der Waals surface area contributed by atoms with Crippen molar-refractivity contribution >= 4 is 34.0 Å². The third kappa shape index (κ3) is 5.32. The predicted molar refractivity (Wildman–Crippen MR) is 119 cm³/mol. The van der Waals surface area contributed by atoms with Crippen LogP contribution >= 0.6 is 15.9 Å². The van der Waals surface area contributed by atoms with Crippen LogP contribution in [0, 0.1) is 5.41 Å². The summed E-state index contributed by atoms with van der Waals surface area (Å²) in [6.45, 7) is 5.56. The summed E-state index contributed by atoms with van der Waals surface area (Å²) in [6, 6.07) is 15.4. The largest absolute Gasteiger partial charge is 0.497 e. The Morgan fingerprint density at radius 1 is 1.14 bits per heavy atom. The quantitative estimate of drug-likeness (QED) is 0.539. The van der Waals surface area contributed by atoms with E-state index in [1.54, 1.807) is 24.2 Å². The smallest absolute Gasteiger partial charge is 0.232 e. The second-order valence-electron chi connectivity index (χ2n) is 7.52. The molecule has 29 heavy (non-hydrogen) atoms. The maximum Gasteiger partial charge on any atom is 0.232 e. The van der Waals surface area contributed by atoms with E-state index in [0.29, 0.717) is 11.6 Å². The van der Waals surface area contributed by atoms with Crippen LogP contribution in [0.5, 0.6) is 5.75 Å². The lowest BCUT2D eigenvalue weighted by Crippen LogP contribution is -2.28. The summed E-state index contributed by atoms with van der Waals surface area (Å²) in [5, 5.41) is 7.37. The van der Waals surface area contributed by atoms with Gasteiger partial charge >= 0.3 is 0 Å². The normalized spacial score (nSPS) is 11.6. The van der Waals surface area contributed by atoms with Crippen LogP contribution in [-0.4, -0.2) is 28.9 Å². The molecule has 0 saturated carbocycles. The number of rotatable bonds is 5. The molecule has 0 radical (unpaired) electrons. The number of hydrogen-bond acceptors (Lipinski definition) is 4. The maximum atomic E-state index is 12.5. The van der Waals surface area contributed by atoms with E-state index >= 15 is 0 Å². The molecule has 150 valence electrons. The van der Waals surface area contributed by atoms with Gasteiger partial charge in [0.15, 0.2) is 0 Å². The first-order chi connectivity index (χ1) is 13.8. The minimum atomic E-state index is -0.547. The number of imidazole rings is 1. The van der Waals surface area contributed by atoms with Gasteiger partial charge in [-0.2, -0.15) is 5.10 Å². The number of amides is 1. The Morgan fingerprint density at radius 3 is 2.38 bits per heavy atom. The molecule has 1 amide bonds. The lowest BCUT2D eigenvalue weighted by atomic mass is 9.96. The van der Waals surface area contributed by atoms with Crippen LogP contribution in [0.2, 0.25) is 0 Å². The molecule has 2 aromatic carbocycles. The number of anilines is 1. The molecule has 1 N–H and O–H groups in total. The SMILES string of the molecule is COc1ccc(/C=N/n2cc(-c3ccc(Br)cc3)nc2NC(=O)C(C)(C)C)cc1. The fourth-order valence-corrected chi connectivity index (χ4v) is 2.68. The van der Waals surface area contributed by atoms with E-state index in [4.69, 9.17) is 4.74 Å². The van der Waals surface area contributed by atoms with E-state index in [1.807, 2.05) is 69.3 Å². The van der Waals surface area contributed by atoms with Gasteiger partial charge in [-0.3, -0.25) is 10.1 Å². The number of carbonyl (C=O) groups excluding carboxylic acids is 1. The highest BCUT2D eigenvalue weighted by atomic mass is 79.9. The molecular weight excluding hydrogens is 432 g/mol. The number of nitrogens with one attached hydrogen (secondary N) is 1. The predicted octanol–water partition coefficient (Wildman–Crippen LogP) is 5.19. The van der Waals surface area contributed by atoms with Crippen molar-refractivity contribution in [1.29, 1.82) is 0 Å². The van der Waals surface area contributed by atoms with Crippen LogP contribution in [0.1, 0.15) is 26.3 Å². The van der Waals surface area contributed by atoms with E-state index in [9.17, 15) is 4.79 Å². The van der Waals surface area contributed by atoms with Gasteiger partial charge in [0.1, 0.15) is 5.75 Å². The summed E-state index contributed by atoms with van der Waals surface area (Å²) in [7, 11) is 1.63. The van der Waals surface area contributed by atoms with E-state index in [0.717, 1.165) is 21.3 Å². The minimum Gasteiger partial charge on any atom is -0.497 e. The summed E-state index contributed by atoms with van der Waals surface area (Å²) in [4.78, 5) is 17.1. The van der Waals surface area contributed by atoms with Crippen molar-refractivity contribution in [2.24, 2.45) is 10.5 Å². The number of nitrogens with zero attached hydrogens (tertiary/aromatic N) is 3. The third-order valence-corrected chi connectivity index (χ3v) is 4.71. The van der Waals surface area contributed by atoms with Crippen molar-refractivity contribution in [2.45, 2.75) is 20.8 Å². The Kier molecular flexibility index (Phi) is 6.17. The molecule has 0 fully saturated rings. The van der Waals surface area contributed by atoms with Gasteiger partial charge in [0, 0.05) is 15.5 Å². The summed E-state index contributed by atoms with van der Waals surface area (Å²) in [6.07, 6.45) is 3.50. The maximum absolute atomic E-state index is 12.5. The molecular formula is C22H23BrN4O2. The molecule has 3 aromatic rings. The Balaban J connectivity index is 1.94. The topological polar surface area (TPSA) is 68.5 Å². The van der Waals surface area contributed by atoms with Gasteiger partial charge in [-0.1, -0.05) is 48.8 Å². The average Bonchev–Trinajstić information content (AvgIpc) is 3.09. The molecule has 0 aliphatic carbocycles. The molecule has 1 aromatic heterocycles. The monoisotopic (exact) mass is 454 g/mol. The van der Waals surface area contributed by atoms with Crippen molar-refractivity contribution in [3.63, 3.8) is 0 Å². The first kappa shape index (κ1) is 20.8. The van der Waals surface area contributed by atoms with Crippen molar-refractivity contribution in [2.75, 3.05) is 12.4 Å². The van der Waals surface area contributed by atoms with E-state index in [1.165, 1.54) is 0 Å². The van der Waals surface area contributed by atoms with Crippen LogP contribution in [0.25, 0.3) is 11.3 Å². The Bertz CT molecular complexity index is 1020. The van der Waals surface area contributed by atoms with Gasteiger partial charge in [0.2, 0.25) is 11.9 Å². The zero-order chi connectivity index (χ0) is 21.0. The fourth-order valence-electron chi connectivity index (χ4n) is 2.41. The van der Waals surface area contributed by atoms with Crippen molar-refractivity contribution in [1.82, 2.24) is 9.66 Å². The third-order valence-electron chi connectivity index (χ3n) is 4.18. The van der Waals surface area contributed by atoms with Crippen LogP contribution < -0.4 is 10.1 Å². The first-order valence-electron chi connectivity index (χ1n) is 9.11. The Morgan fingerprint density at radius 2 is 1.79 bits per heavy atom.